The standard InChI is InChI=1S/C15H16N2O2S/c1-17(20-14-10-6-3-7-11-14)16-15(18)12-19-13-8-4-2-5-9-13/h2-11H,12H2,1H3,(H,16,18). The predicted molar refractivity (Wildman–Crippen MR) is 80.1 cm³/mol. The fraction of sp³-hybridized carbons (Fsp3) is 0.133. The lowest BCUT2D eigenvalue weighted by Gasteiger charge is -2.16. The number of hydrazine groups is 1. The largest absolute Gasteiger partial charge is 0.484 e. The van der Waals surface area contributed by atoms with Gasteiger partial charge in [0.05, 0.1) is 0 Å². The molecule has 0 spiro atoms. The van der Waals surface area contributed by atoms with Crippen LogP contribution in [0.3, 0.4) is 0 Å². The summed E-state index contributed by atoms with van der Waals surface area (Å²) in [6.07, 6.45) is 0. The monoisotopic (exact) mass is 288 g/mol. The second kappa shape index (κ2) is 7.57. The van der Waals surface area contributed by atoms with Gasteiger partial charge in [0.25, 0.3) is 5.91 Å². The lowest BCUT2D eigenvalue weighted by atomic mass is 10.3. The van der Waals surface area contributed by atoms with E-state index in [0.29, 0.717) is 5.75 Å². The SMILES string of the molecule is CN(NC(=O)COc1ccccc1)Sc1ccccc1. The molecule has 0 saturated heterocycles. The lowest BCUT2D eigenvalue weighted by molar-refractivity contribution is -0.125. The first-order valence-electron chi connectivity index (χ1n) is 6.18. The maximum absolute atomic E-state index is 11.7. The summed E-state index contributed by atoms with van der Waals surface area (Å²) < 4.78 is 7.03. The third kappa shape index (κ3) is 4.95. The van der Waals surface area contributed by atoms with E-state index in [1.54, 1.807) is 11.5 Å². The van der Waals surface area contributed by atoms with Gasteiger partial charge in [-0.3, -0.25) is 10.2 Å². The van der Waals surface area contributed by atoms with Gasteiger partial charge in [0, 0.05) is 11.9 Å². The molecule has 0 bridgehead atoms. The first-order chi connectivity index (χ1) is 9.74. The van der Waals surface area contributed by atoms with Crippen LogP contribution in [0.15, 0.2) is 65.6 Å². The van der Waals surface area contributed by atoms with Crippen molar-refractivity contribution in [1.29, 1.82) is 0 Å². The maximum atomic E-state index is 11.7. The lowest BCUT2D eigenvalue weighted by Crippen LogP contribution is -2.37. The van der Waals surface area contributed by atoms with Crippen molar-refractivity contribution in [2.24, 2.45) is 0 Å². The van der Waals surface area contributed by atoms with Crippen molar-refractivity contribution in [1.82, 2.24) is 9.84 Å². The van der Waals surface area contributed by atoms with Crippen LogP contribution in [0.5, 0.6) is 5.75 Å². The molecule has 0 unspecified atom stereocenters. The van der Waals surface area contributed by atoms with Gasteiger partial charge >= 0.3 is 0 Å². The van der Waals surface area contributed by atoms with Gasteiger partial charge in [-0.2, -0.15) is 4.41 Å². The Labute approximate surface area is 122 Å². The third-order valence-electron chi connectivity index (χ3n) is 2.38. The van der Waals surface area contributed by atoms with Crippen LogP contribution >= 0.6 is 11.9 Å². The van der Waals surface area contributed by atoms with Crippen LogP contribution in [-0.2, 0) is 4.79 Å². The molecule has 0 aromatic heterocycles. The van der Waals surface area contributed by atoms with Gasteiger partial charge in [0.15, 0.2) is 6.61 Å². The first kappa shape index (κ1) is 14.4. The van der Waals surface area contributed by atoms with Crippen molar-refractivity contribution >= 4 is 17.9 Å². The number of nitrogens with zero attached hydrogens (tertiary/aromatic N) is 1. The molecule has 2 rings (SSSR count). The fourth-order valence-corrected chi connectivity index (χ4v) is 2.28. The van der Waals surface area contributed by atoms with Crippen LogP contribution in [0.2, 0.25) is 0 Å². The van der Waals surface area contributed by atoms with E-state index in [2.05, 4.69) is 5.43 Å². The maximum Gasteiger partial charge on any atom is 0.272 e. The molecule has 0 atom stereocenters. The summed E-state index contributed by atoms with van der Waals surface area (Å²) in [4.78, 5) is 12.8. The molecule has 0 aliphatic carbocycles. The first-order valence-corrected chi connectivity index (χ1v) is 6.95. The van der Waals surface area contributed by atoms with E-state index in [-0.39, 0.29) is 12.5 Å². The normalized spacial score (nSPS) is 10.3. The summed E-state index contributed by atoms with van der Waals surface area (Å²) in [6.45, 7) is -0.0102. The van der Waals surface area contributed by atoms with Crippen LogP contribution in [-0.4, -0.2) is 24.0 Å². The van der Waals surface area contributed by atoms with E-state index in [0.717, 1.165) is 4.90 Å². The molecule has 2 aromatic rings. The number of ether oxygens (including phenoxy) is 1. The number of carbonyl (C=O) groups is 1. The van der Waals surface area contributed by atoms with Gasteiger partial charge in [-0.1, -0.05) is 36.4 Å². The van der Waals surface area contributed by atoms with Gasteiger partial charge < -0.3 is 4.74 Å². The number of benzene rings is 2. The molecule has 1 amide bonds. The van der Waals surface area contributed by atoms with Crippen molar-refractivity contribution < 1.29 is 9.53 Å². The molecule has 4 nitrogen and oxygen atoms in total. The van der Waals surface area contributed by atoms with Gasteiger partial charge in [0.1, 0.15) is 5.75 Å². The molecule has 0 heterocycles. The number of amides is 1. The van der Waals surface area contributed by atoms with E-state index in [1.807, 2.05) is 60.7 Å². The number of carbonyl (C=O) groups excluding carboxylic acids is 1. The Morgan fingerprint density at radius 2 is 1.70 bits per heavy atom. The number of para-hydroxylation sites is 1. The topological polar surface area (TPSA) is 41.6 Å². The Bertz CT molecular complexity index is 534. The molecule has 0 radical (unpaired) electrons. The highest BCUT2D eigenvalue weighted by molar-refractivity contribution is 7.97. The van der Waals surface area contributed by atoms with Crippen molar-refractivity contribution in [2.45, 2.75) is 4.90 Å². The van der Waals surface area contributed by atoms with Crippen LogP contribution in [0.4, 0.5) is 0 Å². The molecule has 104 valence electrons. The second-order valence-corrected chi connectivity index (χ2v) is 5.24. The highest BCUT2D eigenvalue weighted by Crippen LogP contribution is 2.18. The number of nitrogens with one attached hydrogen (secondary N) is 1. The van der Waals surface area contributed by atoms with Crippen LogP contribution in [0, 0.1) is 0 Å². The van der Waals surface area contributed by atoms with Crippen LogP contribution in [0.25, 0.3) is 0 Å². The van der Waals surface area contributed by atoms with Crippen LogP contribution in [0.1, 0.15) is 0 Å². The van der Waals surface area contributed by atoms with Crippen molar-refractivity contribution in [3.8, 4) is 5.75 Å². The summed E-state index contributed by atoms with van der Waals surface area (Å²) in [7, 11) is 1.79. The molecule has 5 heteroatoms. The predicted octanol–water partition coefficient (Wildman–Crippen LogP) is 2.74. The molecule has 0 aliphatic heterocycles. The average Bonchev–Trinajstić information content (AvgIpc) is 2.47. The minimum Gasteiger partial charge on any atom is -0.484 e. The number of hydrogen-bond donors (Lipinski definition) is 1. The average molecular weight is 288 g/mol. The third-order valence-corrected chi connectivity index (χ3v) is 3.23. The number of rotatable bonds is 6. The summed E-state index contributed by atoms with van der Waals surface area (Å²) in [5, 5.41) is 0. The zero-order valence-electron chi connectivity index (χ0n) is 11.2. The minimum atomic E-state index is -0.195. The Kier molecular flexibility index (Phi) is 5.46. The Balaban J connectivity index is 1.74. The zero-order valence-corrected chi connectivity index (χ0v) is 12.0. The molecule has 20 heavy (non-hydrogen) atoms. The summed E-state index contributed by atoms with van der Waals surface area (Å²) in [5.41, 5.74) is 2.73. The van der Waals surface area contributed by atoms with Crippen LogP contribution < -0.4 is 10.2 Å². The zero-order chi connectivity index (χ0) is 14.2. The number of hydrogen-bond acceptors (Lipinski definition) is 4. The van der Waals surface area contributed by atoms with E-state index < -0.39 is 0 Å². The Morgan fingerprint density at radius 3 is 2.35 bits per heavy atom. The molecular weight excluding hydrogens is 272 g/mol. The summed E-state index contributed by atoms with van der Waals surface area (Å²) in [5.74, 6) is 0.487. The summed E-state index contributed by atoms with van der Waals surface area (Å²) in [6, 6.07) is 19.1. The van der Waals surface area contributed by atoms with E-state index in [1.165, 1.54) is 11.9 Å². The van der Waals surface area contributed by atoms with Gasteiger partial charge in [-0.25, -0.2) is 0 Å². The second-order valence-electron chi connectivity index (χ2n) is 4.04. The fourth-order valence-electron chi connectivity index (χ4n) is 1.54. The Hall–Kier alpha value is -1.98. The molecular formula is C15H16N2O2S. The van der Waals surface area contributed by atoms with E-state index in [4.69, 9.17) is 4.74 Å². The minimum absolute atomic E-state index is 0.0102. The van der Waals surface area contributed by atoms with Crippen molar-refractivity contribution in [2.75, 3.05) is 13.7 Å². The highest BCUT2D eigenvalue weighted by Gasteiger charge is 2.07. The smallest absolute Gasteiger partial charge is 0.272 e. The van der Waals surface area contributed by atoms with Crippen molar-refractivity contribution in [3.05, 3.63) is 60.7 Å². The summed E-state index contributed by atoms with van der Waals surface area (Å²) >= 11 is 1.44. The van der Waals surface area contributed by atoms with Gasteiger partial charge in [0.2, 0.25) is 0 Å². The van der Waals surface area contributed by atoms with Gasteiger partial charge in [-0.05, 0) is 36.2 Å². The quantitative estimate of drug-likeness (QED) is 0.655. The van der Waals surface area contributed by atoms with E-state index >= 15 is 0 Å². The molecule has 0 fully saturated rings. The molecule has 0 saturated carbocycles. The molecule has 1 N–H and O–H groups in total. The van der Waals surface area contributed by atoms with Gasteiger partial charge in [-0.15, -0.1) is 0 Å². The van der Waals surface area contributed by atoms with Crippen molar-refractivity contribution in [3.63, 3.8) is 0 Å². The molecule has 2 aromatic carbocycles. The molecule has 0 aliphatic rings. The highest BCUT2D eigenvalue weighted by atomic mass is 32.2. The Morgan fingerprint density at radius 1 is 1.10 bits per heavy atom. The van der Waals surface area contributed by atoms with E-state index in [9.17, 15) is 4.79 Å².